The van der Waals surface area contributed by atoms with Crippen LogP contribution in [0.4, 0.5) is 0 Å². The van der Waals surface area contributed by atoms with Crippen molar-refractivity contribution in [3.63, 3.8) is 0 Å². The smallest absolute Gasteiger partial charge is 0.276 e. The van der Waals surface area contributed by atoms with Gasteiger partial charge in [-0.1, -0.05) is 29.8 Å². The predicted molar refractivity (Wildman–Crippen MR) is 103 cm³/mol. The average Bonchev–Trinajstić information content (AvgIpc) is 3.18. The highest BCUT2D eigenvalue weighted by molar-refractivity contribution is 5.94. The van der Waals surface area contributed by atoms with E-state index in [0.717, 1.165) is 19.4 Å². The van der Waals surface area contributed by atoms with Gasteiger partial charge in [-0.05, 0) is 43.4 Å². The fourth-order valence-corrected chi connectivity index (χ4v) is 4.36. The lowest BCUT2D eigenvalue weighted by molar-refractivity contribution is 0.0661. The van der Waals surface area contributed by atoms with Gasteiger partial charge in [-0.15, -0.1) is 0 Å². The number of carbonyl (C=O) groups is 1. The molecule has 1 aromatic heterocycles. The van der Waals surface area contributed by atoms with Gasteiger partial charge in [0.1, 0.15) is 5.75 Å². The average molecular weight is 366 g/mol. The van der Waals surface area contributed by atoms with Crippen LogP contribution in [-0.2, 0) is 0 Å². The summed E-state index contributed by atoms with van der Waals surface area (Å²) < 4.78 is 0. The van der Waals surface area contributed by atoms with Crippen LogP contribution in [-0.4, -0.2) is 46.6 Å². The second-order valence-corrected chi connectivity index (χ2v) is 7.57. The van der Waals surface area contributed by atoms with Crippen LogP contribution in [0.1, 0.15) is 40.4 Å². The van der Waals surface area contributed by atoms with E-state index in [9.17, 15) is 9.90 Å². The molecule has 3 N–H and O–H groups in total. The van der Waals surface area contributed by atoms with Crippen molar-refractivity contribution >= 4 is 5.91 Å². The normalized spacial score (nSPS) is 23.5. The van der Waals surface area contributed by atoms with E-state index >= 15 is 0 Å². The van der Waals surface area contributed by atoms with Crippen molar-refractivity contribution in [2.75, 3.05) is 19.6 Å². The van der Waals surface area contributed by atoms with Crippen LogP contribution in [0, 0.1) is 12.8 Å². The molecule has 6 heteroatoms. The van der Waals surface area contributed by atoms with E-state index < -0.39 is 0 Å². The molecule has 0 radical (unpaired) electrons. The Kier molecular flexibility index (Phi) is 5.09. The number of aromatic nitrogens is 1. The van der Waals surface area contributed by atoms with E-state index in [2.05, 4.69) is 47.0 Å². The number of nitrogens with one attached hydrogen (secondary N) is 2. The molecule has 1 aromatic carbocycles. The zero-order chi connectivity index (χ0) is 18.8. The standard InChI is InChI=1S/C21H26N4O2/c1-14-4-2-5-16(12-14)17-13-23-24-19(17)15-7-10-25(11-8-15)21(27)20-18(26)6-3-9-22-20/h2-6,9,12,15,17,19,23-24,26H,7-8,10-11,13H2,1H3. The molecule has 3 heterocycles. The molecular formula is C21H26N4O2. The number of hydrazine groups is 1. The number of hydrogen-bond donors (Lipinski definition) is 3. The maximum absolute atomic E-state index is 12.6. The molecule has 27 heavy (non-hydrogen) atoms. The number of aromatic hydroxyl groups is 1. The molecule has 2 fully saturated rings. The first-order chi connectivity index (χ1) is 13.1. The minimum atomic E-state index is -0.181. The molecule has 0 aliphatic carbocycles. The Morgan fingerprint density at radius 2 is 2.04 bits per heavy atom. The van der Waals surface area contributed by atoms with Gasteiger partial charge in [0.2, 0.25) is 0 Å². The monoisotopic (exact) mass is 366 g/mol. The van der Waals surface area contributed by atoms with Gasteiger partial charge < -0.3 is 10.0 Å². The third kappa shape index (κ3) is 3.68. The van der Waals surface area contributed by atoms with Crippen molar-refractivity contribution in [3.05, 3.63) is 59.4 Å². The largest absolute Gasteiger partial charge is 0.505 e. The van der Waals surface area contributed by atoms with E-state index in [4.69, 9.17) is 0 Å². The lowest BCUT2D eigenvalue weighted by Crippen LogP contribution is -2.46. The number of hydrogen-bond acceptors (Lipinski definition) is 5. The van der Waals surface area contributed by atoms with Crippen LogP contribution in [0.15, 0.2) is 42.6 Å². The molecule has 2 unspecified atom stereocenters. The van der Waals surface area contributed by atoms with Crippen molar-refractivity contribution in [3.8, 4) is 5.75 Å². The van der Waals surface area contributed by atoms with Crippen LogP contribution in [0.2, 0.25) is 0 Å². The molecule has 0 saturated carbocycles. The van der Waals surface area contributed by atoms with Gasteiger partial charge in [0.05, 0.1) is 0 Å². The lowest BCUT2D eigenvalue weighted by Gasteiger charge is -2.36. The quantitative estimate of drug-likeness (QED) is 0.776. The summed E-state index contributed by atoms with van der Waals surface area (Å²) in [7, 11) is 0. The zero-order valence-electron chi connectivity index (χ0n) is 15.6. The number of rotatable bonds is 3. The molecule has 0 bridgehead atoms. The summed E-state index contributed by atoms with van der Waals surface area (Å²) in [6, 6.07) is 12.2. The van der Waals surface area contributed by atoms with E-state index in [0.29, 0.717) is 31.0 Å². The van der Waals surface area contributed by atoms with Crippen LogP contribution < -0.4 is 10.9 Å². The lowest BCUT2D eigenvalue weighted by atomic mass is 9.80. The number of carbonyl (C=O) groups excluding carboxylic acids is 1. The molecule has 4 rings (SSSR count). The summed E-state index contributed by atoms with van der Waals surface area (Å²) in [5.74, 6) is 0.717. The zero-order valence-corrected chi connectivity index (χ0v) is 15.6. The number of piperidine rings is 1. The summed E-state index contributed by atoms with van der Waals surface area (Å²) in [6.07, 6.45) is 3.43. The van der Waals surface area contributed by atoms with Crippen molar-refractivity contribution < 1.29 is 9.90 Å². The third-order valence-electron chi connectivity index (χ3n) is 5.82. The van der Waals surface area contributed by atoms with Crippen molar-refractivity contribution in [1.82, 2.24) is 20.7 Å². The number of pyridine rings is 1. The maximum Gasteiger partial charge on any atom is 0.276 e. The van der Waals surface area contributed by atoms with E-state index in [1.807, 2.05) is 4.90 Å². The Balaban J connectivity index is 1.41. The molecule has 0 spiro atoms. The van der Waals surface area contributed by atoms with Crippen LogP contribution >= 0.6 is 0 Å². The molecular weight excluding hydrogens is 340 g/mol. The summed E-state index contributed by atoms with van der Waals surface area (Å²) in [4.78, 5) is 18.5. The molecule has 2 aliphatic heterocycles. The molecule has 2 aromatic rings. The minimum Gasteiger partial charge on any atom is -0.505 e. The number of benzene rings is 1. The fourth-order valence-electron chi connectivity index (χ4n) is 4.36. The highest BCUT2D eigenvalue weighted by atomic mass is 16.3. The van der Waals surface area contributed by atoms with Gasteiger partial charge >= 0.3 is 0 Å². The summed E-state index contributed by atoms with van der Waals surface area (Å²) in [6.45, 7) is 4.44. The Labute approximate surface area is 159 Å². The van der Waals surface area contributed by atoms with E-state index in [1.54, 1.807) is 12.3 Å². The van der Waals surface area contributed by atoms with Gasteiger partial charge in [-0.3, -0.25) is 15.6 Å². The summed E-state index contributed by atoms with van der Waals surface area (Å²) in [5, 5.41) is 9.89. The Morgan fingerprint density at radius 3 is 2.78 bits per heavy atom. The number of aryl methyl sites for hydroxylation is 1. The highest BCUT2D eigenvalue weighted by Gasteiger charge is 2.37. The number of likely N-dealkylation sites (tertiary alicyclic amines) is 1. The van der Waals surface area contributed by atoms with Gasteiger partial charge in [-0.25, -0.2) is 4.98 Å². The SMILES string of the molecule is Cc1cccc(C2CNNC2C2CCN(C(=O)c3ncccc3O)CC2)c1. The fraction of sp³-hybridized carbons (Fsp3) is 0.429. The van der Waals surface area contributed by atoms with Crippen molar-refractivity contribution in [2.45, 2.75) is 31.7 Å². The van der Waals surface area contributed by atoms with Gasteiger partial charge in [0.25, 0.3) is 5.91 Å². The van der Waals surface area contributed by atoms with Gasteiger partial charge in [0, 0.05) is 37.8 Å². The third-order valence-corrected chi connectivity index (χ3v) is 5.82. The maximum atomic E-state index is 12.6. The predicted octanol–water partition coefficient (Wildman–Crippen LogP) is 2.21. The first kappa shape index (κ1) is 17.9. The van der Waals surface area contributed by atoms with E-state index in [1.165, 1.54) is 17.2 Å². The Hall–Kier alpha value is -2.44. The summed E-state index contributed by atoms with van der Waals surface area (Å²) >= 11 is 0. The van der Waals surface area contributed by atoms with Crippen LogP contribution in [0.25, 0.3) is 0 Å². The number of amides is 1. The molecule has 6 nitrogen and oxygen atoms in total. The Bertz CT molecular complexity index is 817. The van der Waals surface area contributed by atoms with Crippen LogP contribution in [0.5, 0.6) is 5.75 Å². The molecule has 1 amide bonds. The van der Waals surface area contributed by atoms with Crippen molar-refractivity contribution in [1.29, 1.82) is 0 Å². The first-order valence-corrected chi connectivity index (χ1v) is 9.61. The first-order valence-electron chi connectivity index (χ1n) is 9.61. The minimum absolute atomic E-state index is 0.0502. The topological polar surface area (TPSA) is 77.5 Å². The Morgan fingerprint density at radius 1 is 1.22 bits per heavy atom. The van der Waals surface area contributed by atoms with E-state index in [-0.39, 0.29) is 17.4 Å². The molecule has 2 aliphatic rings. The summed E-state index contributed by atoms with van der Waals surface area (Å²) in [5.41, 5.74) is 9.61. The van der Waals surface area contributed by atoms with Crippen molar-refractivity contribution in [2.24, 2.45) is 5.92 Å². The molecule has 142 valence electrons. The van der Waals surface area contributed by atoms with Crippen LogP contribution in [0.3, 0.4) is 0 Å². The molecule has 2 atom stereocenters. The second kappa shape index (κ2) is 7.66. The number of nitrogens with zero attached hydrogens (tertiary/aromatic N) is 2. The van der Waals surface area contributed by atoms with Gasteiger partial charge in [-0.2, -0.15) is 0 Å². The van der Waals surface area contributed by atoms with Gasteiger partial charge in [0.15, 0.2) is 5.69 Å². The molecule has 2 saturated heterocycles. The second-order valence-electron chi connectivity index (χ2n) is 7.57. The highest BCUT2D eigenvalue weighted by Crippen LogP contribution is 2.33.